The van der Waals surface area contributed by atoms with Gasteiger partial charge in [0.15, 0.2) is 0 Å². The van der Waals surface area contributed by atoms with Gasteiger partial charge in [0.05, 0.1) is 0 Å². The molecule has 0 aromatic carbocycles. The third-order valence-electron chi connectivity index (χ3n) is 3.25. The van der Waals surface area contributed by atoms with Crippen molar-refractivity contribution in [2.45, 2.75) is 98.8 Å². The number of hydrogen-bond donors (Lipinski definition) is 0. The van der Waals surface area contributed by atoms with Crippen LogP contribution in [0.25, 0.3) is 0 Å². The van der Waals surface area contributed by atoms with E-state index in [0.29, 0.717) is 0 Å². The van der Waals surface area contributed by atoms with Gasteiger partial charge in [-0.3, -0.25) is 0 Å². The van der Waals surface area contributed by atoms with Crippen LogP contribution in [0.3, 0.4) is 0 Å². The molecule has 0 unspecified atom stereocenters. The number of hydrogen-bond acceptors (Lipinski definition) is 5. The zero-order chi connectivity index (χ0) is 20.3. The van der Waals surface area contributed by atoms with Crippen LogP contribution >= 0.6 is 0 Å². The van der Waals surface area contributed by atoms with Crippen molar-refractivity contribution in [2.24, 2.45) is 0 Å². The quantitative estimate of drug-likeness (QED) is 0.285. The van der Waals surface area contributed by atoms with Gasteiger partial charge in [-0.25, -0.2) is 0 Å². The van der Waals surface area contributed by atoms with Crippen LogP contribution in [0.2, 0.25) is 0 Å². The van der Waals surface area contributed by atoms with Crippen molar-refractivity contribution in [3.05, 3.63) is 0 Å². The zero-order valence-electron chi connectivity index (χ0n) is 18.9. The molecule has 0 aromatic heterocycles. The van der Waals surface area contributed by atoms with E-state index in [4.69, 9.17) is 11.4 Å². The molecule has 0 aliphatic rings. The molecule has 0 spiro atoms. The Kier molecular flexibility index (Phi) is 49.7. The minimum atomic E-state index is -1.83. The maximum atomic E-state index is 9.53. The number of unbranched alkanes of at least 4 members (excludes halogenated alkanes) is 5. The molecule has 0 bridgehead atoms. The molecule has 0 amide bonds. The minimum absolute atomic E-state index is 0. The Morgan fingerprint density at radius 1 is 0.519 bits per heavy atom. The standard InChI is InChI=1S/5C4H9O.Al.Mg/c5*1-2-3-4-5;;/h5*2-4H2,1H3;;/q5*-1;+3;+2. The Labute approximate surface area is 191 Å². The van der Waals surface area contributed by atoms with E-state index in [1.54, 1.807) is 0 Å². The molecule has 160 valence electrons. The summed E-state index contributed by atoms with van der Waals surface area (Å²) < 4.78 is 17.0. The van der Waals surface area contributed by atoms with E-state index in [-0.39, 0.29) is 36.3 Å². The van der Waals surface area contributed by atoms with Gasteiger partial charge in [-0.05, 0) is 19.3 Å². The van der Waals surface area contributed by atoms with E-state index in [9.17, 15) is 10.2 Å². The van der Waals surface area contributed by atoms with Gasteiger partial charge in [-0.1, -0.05) is 79.6 Å². The molecule has 0 atom stereocenters. The van der Waals surface area contributed by atoms with Gasteiger partial charge in [-0.15, -0.1) is 13.2 Å². The molecule has 0 radical (unpaired) electrons. The van der Waals surface area contributed by atoms with Gasteiger partial charge in [-0.2, -0.15) is 0 Å². The smallest absolute Gasteiger partial charge is 0.854 e. The fraction of sp³-hybridized carbons (Fsp3) is 1.00. The maximum Gasteiger partial charge on any atom is 2.00 e. The third-order valence-corrected chi connectivity index (χ3v) is 4.77. The van der Waals surface area contributed by atoms with Crippen LogP contribution in [-0.2, 0) is 11.4 Å². The largest absolute Gasteiger partial charge is 2.00 e. The summed E-state index contributed by atoms with van der Waals surface area (Å²) in [5, 5.41) is 19.1. The topological polar surface area (TPSA) is 73.8 Å². The molecule has 7 heteroatoms. The Hall–Kier alpha value is 1.10. The maximum absolute atomic E-state index is 9.53. The molecule has 0 saturated carbocycles. The molecule has 0 heterocycles. The Morgan fingerprint density at radius 2 is 0.778 bits per heavy atom. The van der Waals surface area contributed by atoms with Gasteiger partial charge in [0.2, 0.25) is 0 Å². The van der Waals surface area contributed by atoms with Crippen LogP contribution in [0.1, 0.15) is 98.8 Å². The first-order valence-electron chi connectivity index (χ1n) is 10.7. The zero-order valence-corrected chi connectivity index (χ0v) is 21.5. The predicted molar refractivity (Wildman–Crippen MR) is 114 cm³/mol. The predicted octanol–water partition coefficient (Wildman–Crippen LogP) is 3.33. The van der Waals surface area contributed by atoms with Crippen molar-refractivity contribution in [3.8, 4) is 0 Å². The third kappa shape index (κ3) is 42.3. The van der Waals surface area contributed by atoms with E-state index >= 15 is 0 Å². The Morgan fingerprint density at radius 3 is 0.926 bits per heavy atom. The first kappa shape index (κ1) is 35.5. The van der Waals surface area contributed by atoms with Crippen molar-refractivity contribution in [1.29, 1.82) is 0 Å². The fourth-order valence-corrected chi connectivity index (χ4v) is 2.77. The van der Waals surface area contributed by atoms with Crippen molar-refractivity contribution in [1.82, 2.24) is 0 Å². The van der Waals surface area contributed by atoms with Gasteiger partial charge in [0.25, 0.3) is 0 Å². The summed E-state index contributed by atoms with van der Waals surface area (Å²) in [6.45, 7) is 13.0. The molecular formula is C20H45AlMgO5. The van der Waals surface area contributed by atoms with Gasteiger partial charge >= 0.3 is 38.2 Å². The average molecular weight is 417 g/mol. The summed E-state index contributed by atoms with van der Waals surface area (Å²) in [5.74, 6) is 0. The van der Waals surface area contributed by atoms with Crippen LogP contribution in [0, 0.1) is 0 Å². The number of rotatable bonds is 16. The van der Waals surface area contributed by atoms with Crippen LogP contribution in [-0.4, -0.2) is 71.2 Å². The van der Waals surface area contributed by atoms with Crippen molar-refractivity contribution in [3.63, 3.8) is 0 Å². The van der Waals surface area contributed by atoms with Crippen molar-refractivity contribution < 1.29 is 21.6 Å². The SMILES string of the molecule is CCCC[O-].CCCC[O-].CCCC[O][Al]([O]CCCC)[O]CCCC.[Mg+2]. The van der Waals surface area contributed by atoms with E-state index in [2.05, 4.69) is 20.8 Å². The normalized spacial score (nSPS) is 9.44. The second-order valence-corrected chi connectivity index (χ2v) is 7.65. The van der Waals surface area contributed by atoms with Gasteiger partial charge in [0.1, 0.15) is 0 Å². The fourth-order valence-electron chi connectivity index (χ4n) is 1.40. The second-order valence-electron chi connectivity index (χ2n) is 6.08. The summed E-state index contributed by atoms with van der Waals surface area (Å²) in [6, 6.07) is 0. The molecule has 0 saturated heterocycles. The van der Waals surface area contributed by atoms with Crippen LogP contribution in [0.4, 0.5) is 0 Å². The van der Waals surface area contributed by atoms with E-state index in [0.717, 1.165) is 84.0 Å². The second kappa shape index (κ2) is 37.8. The van der Waals surface area contributed by atoms with E-state index in [1.807, 2.05) is 13.8 Å². The van der Waals surface area contributed by atoms with Crippen molar-refractivity contribution >= 4 is 38.2 Å². The summed E-state index contributed by atoms with van der Waals surface area (Å²) in [6.07, 6.45) is 10.5. The molecular weight excluding hydrogens is 372 g/mol. The van der Waals surface area contributed by atoms with E-state index in [1.165, 1.54) is 0 Å². The molecule has 27 heavy (non-hydrogen) atoms. The van der Waals surface area contributed by atoms with Crippen LogP contribution in [0.15, 0.2) is 0 Å². The summed E-state index contributed by atoms with van der Waals surface area (Å²) in [7, 11) is 0. The summed E-state index contributed by atoms with van der Waals surface area (Å²) in [4.78, 5) is 0. The van der Waals surface area contributed by atoms with E-state index < -0.39 is 15.1 Å². The molecule has 0 aliphatic carbocycles. The average Bonchev–Trinajstić information content (AvgIpc) is 2.64. The first-order chi connectivity index (χ1) is 12.7. The van der Waals surface area contributed by atoms with Gasteiger partial charge < -0.3 is 21.6 Å². The van der Waals surface area contributed by atoms with Crippen molar-refractivity contribution in [2.75, 3.05) is 33.0 Å². The Bertz CT molecular complexity index is 181. The van der Waals surface area contributed by atoms with Crippen LogP contribution < -0.4 is 10.2 Å². The molecule has 0 N–H and O–H groups in total. The molecule has 0 aliphatic heterocycles. The molecule has 0 aromatic rings. The molecule has 0 fully saturated rings. The first-order valence-corrected chi connectivity index (χ1v) is 12.1. The molecule has 0 rings (SSSR count). The summed E-state index contributed by atoms with van der Waals surface area (Å²) >= 11 is -1.83. The van der Waals surface area contributed by atoms with Gasteiger partial charge in [0, 0.05) is 19.8 Å². The Balaban J connectivity index is -0.000000199. The minimum Gasteiger partial charge on any atom is -0.854 e. The summed E-state index contributed by atoms with van der Waals surface area (Å²) in [5.41, 5.74) is 0. The monoisotopic (exact) mass is 416 g/mol. The van der Waals surface area contributed by atoms with Crippen LogP contribution in [0.5, 0.6) is 0 Å². The molecule has 5 nitrogen and oxygen atoms in total.